The van der Waals surface area contributed by atoms with Gasteiger partial charge in [0.2, 0.25) is 0 Å². The van der Waals surface area contributed by atoms with Gasteiger partial charge in [-0.15, -0.1) is 0 Å². The molecule has 1 rings (SSSR count). The number of carboxylic acid groups (broad SMARTS) is 1. The van der Waals surface area contributed by atoms with E-state index in [-0.39, 0.29) is 0 Å². The summed E-state index contributed by atoms with van der Waals surface area (Å²) in [5.41, 5.74) is -0.236. The first-order valence-electron chi connectivity index (χ1n) is 5.54. The third-order valence-electron chi connectivity index (χ3n) is 2.22. The van der Waals surface area contributed by atoms with Gasteiger partial charge in [0.25, 0.3) is 0 Å². The zero-order valence-corrected chi connectivity index (χ0v) is 10.9. The maximum atomic E-state index is 11.8. The van der Waals surface area contributed by atoms with E-state index >= 15 is 0 Å². The Kier molecular flexibility index (Phi) is 4.00. The standard InChI is InChI=1S/C12H18N2O4/c1-12(2,3)18-11(17)14(4)9(10(15)16)8-6-5-7-13-8/h5-7,9,13H,1-4H3,(H,15,16). The number of ether oxygens (including phenoxy) is 1. The number of nitrogens with zero attached hydrogens (tertiary/aromatic N) is 1. The lowest BCUT2D eigenvalue weighted by atomic mass is 10.2. The van der Waals surface area contributed by atoms with Crippen molar-refractivity contribution >= 4 is 12.1 Å². The van der Waals surface area contributed by atoms with Crippen LogP contribution in [0.5, 0.6) is 0 Å². The van der Waals surface area contributed by atoms with E-state index in [4.69, 9.17) is 4.74 Å². The summed E-state index contributed by atoms with van der Waals surface area (Å²) in [5, 5.41) is 9.19. The van der Waals surface area contributed by atoms with Gasteiger partial charge in [0.1, 0.15) is 5.60 Å². The van der Waals surface area contributed by atoms with Gasteiger partial charge in [0, 0.05) is 18.9 Å². The second-order valence-electron chi connectivity index (χ2n) is 4.96. The Labute approximate surface area is 106 Å². The Balaban J connectivity index is 2.88. The minimum Gasteiger partial charge on any atom is -0.479 e. The van der Waals surface area contributed by atoms with Crippen LogP contribution >= 0.6 is 0 Å². The van der Waals surface area contributed by atoms with Crippen LogP contribution in [-0.4, -0.2) is 39.7 Å². The molecule has 1 aromatic rings. The normalized spacial score (nSPS) is 12.9. The lowest BCUT2D eigenvalue weighted by Crippen LogP contribution is -2.39. The van der Waals surface area contributed by atoms with Crippen LogP contribution in [0.3, 0.4) is 0 Å². The van der Waals surface area contributed by atoms with Gasteiger partial charge in [-0.05, 0) is 32.9 Å². The number of H-pyrrole nitrogens is 1. The number of aromatic nitrogens is 1. The molecule has 0 radical (unpaired) electrons. The molecule has 1 amide bonds. The molecule has 1 unspecified atom stereocenters. The molecule has 0 aliphatic carbocycles. The topological polar surface area (TPSA) is 82.6 Å². The Morgan fingerprint density at radius 3 is 2.44 bits per heavy atom. The average Bonchev–Trinajstić information content (AvgIpc) is 2.67. The lowest BCUT2D eigenvalue weighted by Gasteiger charge is -2.28. The Bertz CT molecular complexity index is 420. The summed E-state index contributed by atoms with van der Waals surface area (Å²) in [5.74, 6) is -1.12. The minimum atomic E-state index is -1.12. The molecule has 0 aromatic carbocycles. The van der Waals surface area contributed by atoms with Crippen molar-refractivity contribution in [3.8, 4) is 0 Å². The van der Waals surface area contributed by atoms with E-state index in [1.165, 1.54) is 7.05 Å². The first-order chi connectivity index (χ1) is 8.22. The van der Waals surface area contributed by atoms with Gasteiger partial charge in [-0.2, -0.15) is 0 Å². The van der Waals surface area contributed by atoms with Crippen molar-refractivity contribution in [3.63, 3.8) is 0 Å². The number of aromatic amines is 1. The minimum absolute atomic E-state index is 0.427. The van der Waals surface area contributed by atoms with Crippen LogP contribution in [0.1, 0.15) is 32.5 Å². The lowest BCUT2D eigenvalue weighted by molar-refractivity contribution is -0.143. The molecule has 0 aliphatic rings. The van der Waals surface area contributed by atoms with Crippen molar-refractivity contribution in [2.45, 2.75) is 32.4 Å². The van der Waals surface area contributed by atoms with Gasteiger partial charge in [-0.3, -0.25) is 4.90 Å². The molecule has 0 aliphatic heterocycles. The quantitative estimate of drug-likeness (QED) is 0.864. The summed E-state index contributed by atoms with van der Waals surface area (Å²) in [7, 11) is 1.40. The number of hydrogen-bond donors (Lipinski definition) is 2. The largest absolute Gasteiger partial charge is 0.479 e. The summed E-state index contributed by atoms with van der Waals surface area (Å²) in [6.45, 7) is 5.18. The van der Waals surface area contributed by atoms with Crippen molar-refractivity contribution in [1.29, 1.82) is 0 Å². The number of hydrogen-bond acceptors (Lipinski definition) is 3. The van der Waals surface area contributed by atoms with Crippen LogP contribution in [0.15, 0.2) is 18.3 Å². The van der Waals surface area contributed by atoms with Crippen molar-refractivity contribution in [3.05, 3.63) is 24.0 Å². The summed E-state index contributed by atoms with van der Waals surface area (Å²) in [4.78, 5) is 26.9. The number of carbonyl (C=O) groups excluding carboxylic acids is 1. The summed E-state index contributed by atoms with van der Waals surface area (Å²) >= 11 is 0. The Hall–Kier alpha value is -1.98. The molecule has 0 saturated carbocycles. The molecule has 1 heterocycles. The van der Waals surface area contributed by atoms with Crippen molar-refractivity contribution in [2.75, 3.05) is 7.05 Å². The van der Waals surface area contributed by atoms with Gasteiger partial charge in [0.15, 0.2) is 6.04 Å². The zero-order valence-electron chi connectivity index (χ0n) is 10.9. The molecule has 0 spiro atoms. The molecule has 6 nitrogen and oxygen atoms in total. The van der Waals surface area contributed by atoms with E-state index in [1.54, 1.807) is 39.1 Å². The smallest absolute Gasteiger partial charge is 0.411 e. The third-order valence-corrected chi connectivity index (χ3v) is 2.22. The van der Waals surface area contributed by atoms with Crippen LogP contribution in [0.4, 0.5) is 4.79 Å². The van der Waals surface area contributed by atoms with Gasteiger partial charge in [-0.1, -0.05) is 0 Å². The summed E-state index contributed by atoms with van der Waals surface area (Å²) in [6.07, 6.45) is 0.929. The number of amides is 1. The SMILES string of the molecule is CN(C(=O)OC(C)(C)C)C(C(=O)O)c1ccc[nH]1. The highest BCUT2D eigenvalue weighted by atomic mass is 16.6. The monoisotopic (exact) mass is 254 g/mol. The fourth-order valence-electron chi connectivity index (χ4n) is 1.46. The predicted molar refractivity (Wildman–Crippen MR) is 65.2 cm³/mol. The zero-order chi connectivity index (χ0) is 13.9. The summed E-state index contributed by atoms with van der Waals surface area (Å²) in [6, 6.07) is 2.20. The fourth-order valence-corrected chi connectivity index (χ4v) is 1.46. The molecule has 100 valence electrons. The van der Waals surface area contributed by atoms with Gasteiger partial charge >= 0.3 is 12.1 Å². The number of nitrogens with one attached hydrogen (secondary N) is 1. The molecule has 0 bridgehead atoms. The molecule has 1 atom stereocenters. The fraction of sp³-hybridized carbons (Fsp3) is 0.500. The molecule has 2 N–H and O–H groups in total. The number of aliphatic carboxylic acids is 1. The molecule has 0 saturated heterocycles. The van der Waals surface area contributed by atoms with E-state index in [9.17, 15) is 14.7 Å². The van der Waals surface area contributed by atoms with Crippen LogP contribution in [0, 0.1) is 0 Å². The van der Waals surface area contributed by atoms with Crippen molar-refractivity contribution in [1.82, 2.24) is 9.88 Å². The van der Waals surface area contributed by atoms with E-state index in [1.807, 2.05) is 0 Å². The van der Waals surface area contributed by atoms with Crippen LogP contribution in [0.25, 0.3) is 0 Å². The maximum absolute atomic E-state index is 11.8. The summed E-state index contributed by atoms with van der Waals surface area (Å²) < 4.78 is 5.14. The molecule has 18 heavy (non-hydrogen) atoms. The van der Waals surface area contributed by atoms with Crippen LogP contribution < -0.4 is 0 Å². The highest BCUT2D eigenvalue weighted by Gasteiger charge is 2.31. The van der Waals surface area contributed by atoms with Gasteiger partial charge in [0.05, 0.1) is 0 Å². The van der Waals surface area contributed by atoms with Gasteiger partial charge < -0.3 is 14.8 Å². The van der Waals surface area contributed by atoms with E-state index < -0.39 is 23.7 Å². The first kappa shape index (κ1) is 14.1. The van der Waals surface area contributed by atoms with E-state index in [0.29, 0.717) is 5.69 Å². The van der Waals surface area contributed by atoms with Crippen molar-refractivity contribution < 1.29 is 19.4 Å². The first-order valence-corrected chi connectivity index (χ1v) is 5.54. The second-order valence-corrected chi connectivity index (χ2v) is 4.96. The second kappa shape index (κ2) is 5.12. The maximum Gasteiger partial charge on any atom is 0.411 e. The Morgan fingerprint density at radius 2 is 2.06 bits per heavy atom. The predicted octanol–water partition coefficient (Wildman–Crippen LogP) is 2.01. The number of carboxylic acids is 1. The highest BCUT2D eigenvalue weighted by molar-refractivity contribution is 5.81. The highest BCUT2D eigenvalue weighted by Crippen LogP contribution is 2.20. The molecule has 0 fully saturated rings. The number of carbonyl (C=O) groups is 2. The van der Waals surface area contributed by atoms with Gasteiger partial charge in [-0.25, -0.2) is 9.59 Å². The van der Waals surface area contributed by atoms with E-state index in [2.05, 4.69) is 4.98 Å². The van der Waals surface area contributed by atoms with E-state index in [0.717, 1.165) is 4.90 Å². The molecular formula is C12H18N2O4. The number of rotatable bonds is 3. The molecule has 6 heteroatoms. The number of likely N-dealkylation sites (N-methyl/N-ethyl adjacent to an activating group) is 1. The average molecular weight is 254 g/mol. The van der Waals surface area contributed by atoms with Crippen LogP contribution in [0.2, 0.25) is 0 Å². The van der Waals surface area contributed by atoms with Crippen molar-refractivity contribution in [2.24, 2.45) is 0 Å². The molecule has 1 aromatic heterocycles. The van der Waals surface area contributed by atoms with Crippen LogP contribution in [-0.2, 0) is 9.53 Å². The third kappa shape index (κ3) is 3.51. The molecular weight excluding hydrogens is 236 g/mol. The Morgan fingerprint density at radius 1 is 1.44 bits per heavy atom.